The molecule has 8 heteroatoms. The average Bonchev–Trinajstić information content (AvgIpc) is 2.37. The van der Waals surface area contributed by atoms with Gasteiger partial charge in [0, 0.05) is 13.0 Å². The minimum absolute atomic E-state index is 0.145. The highest BCUT2D eigenvalue weighted by atomic mass is 19.4. The Morgan fingerprint density at radius 2 is 1.76 bits per heavy atom. The van der Waals surface area contributed by atoms with Crippen molar-refractivity contribution in [3.8, 4) is 0 Å². The summed E-state index contributed by atoms with van der Waals surface area (Å²) in [5, 5.41) is 19.7. The molecule has 116 valence electrons. The molecule has 0 unspecified atom stereocenters. The van der Waals surface area contributed by atoms with Crippen molar-refractivity contribution in [2.45, 2.75) is 25.1 Å². The van der Waals surface area contributed by atoms with Gasteiger partial charge in [-0.25, -0.2) is 4.79 Å². The van der Waals surface area contributed by atoms with Gasteiger partial charge in [0.25, 0.3) is 0 Å². The largest absolute Gasteiger partial charge is 0.480 e. The second kappa shape index (κ2) is 7.07. The maximum absolute atomic E-state index is 12.4. The molecule has 0 radical (unpaired) electrons. The van der Waals surface area contributed by atoms with E-state index in [4.69, 9.17) is 10.2 Å². The molecule has 3 N–H and O–H groups in total. The monoisotopic (exact) mass is 305 g/mol. The molecule has 21 heavy (non-hydrogen) atoms. The number of aliphatic carboxylic acids is 1. The van der Waals surface area contributed by atoms with Gasteiger partial charge in [0.05, 0.1) is 12.0 Å². The molecule has 0 saturated carbocycles. The van der Waals surface area contributed by atoms with Gasteiger partial charge in [-0.15, -0.1) is 0 Å². The number of aliphatic hydroxyl groups is 1. The van der Waals surface area contributed by atoms with Crippen LogP contribution in [0, 0.1) is 0 Å². The van der Waals surface area contributed by atoms with E-state index in [2.05, 4.69) is 5.32 Å². The SMILES string of the molecule is O=C(Cc1ccc(C(F)(F)F)cc1)N[C@H](CCO)C(=O)O. The number of carbonyl (C=O) groups excluding carboxylic acids is 1. The Labute approximate surface area is 118 Å². The highest BCUT2D eigenvalue weighted by molar-refractivity contribution is 5.84. The lowest BCUT2D eigenvalue weighted by Gasteiger charge is -2.13. The number of amides is 1. The number of aliphatic hydroxyl groups excluding tert-OH is 1. The number of hydrogen-bond donors (Lipinski definition) is 3. The van der Waals surface area contributed by atoms with Crippen LogP contribution in [0.15, 0.2) is 24.3 Å². The number of rotatable bonds is 6. The maximum atomic E-state index is 12.4. The number of nitrogens with one attached hydrogen (secondary N) is 1. The molecule has 0 aliphatic rings. The van der Waals surface area contributed by atoms with E-state index in [-0.39, 0.29) is 12.8 Å². The first-order valence-corrected chi connectivity index (χ1v) is 6.03. The summed E-state index contributed by atoms with van der Waals surface area (Å²) >= 11 is 0. The summed E-state index contributed by atoms with van der Waals surface area (Å²) in [5.41, 5.74) is -0.496. The Morgan fingerprint density at radius 1 is 1.19 bits per heavy atom. The van der Waals surface area contributed by atoms with Crippen LogP contribution in [0.2, 0.25) is 0 Å². The van der Waals surface area contributed by atoms with Gasteiger partial charge >= 0.3 is 12.1 Å². The van der Waals surface area contributed by atoms with Crippen LogP contribution in [0.1, 0.15) is 17.5 Å². The van der Waals surface area contributed by atoms with Crippen molar-refractivity contribution in [1.29, 1.82) is 0 Å². The van der Waals surface area contributed by atoms with Crippen LogP contribution in [0.25, 0.3) is 0 Å². The van der Waals surface area contributed by atoms with Crippen molar-refractivity contribution in [3.05, 3.63) is 35.4 Å². The highest BCUT2D eigenvalue weighted by Crippen LogP contribution is 2.29. The molecular formula is C13H14F3NO4. The molecule has 0 aliphatic heterocycles. The normalized spacial score (nSPS) is 12.8. The highest BCUT2D eigenvalue weighted by Gasteiger charge is 2.30. The van der Waals surface area contributed by atoms with Gasteiger partial charge in [0.2, 0.25) is 5.91 Å². The van der Waals surface area contributed by atoms with E-state index < -0.39 is 36.3 Å². The van der Waals surface area contributed by atoms with Gasteiger partial charge in [-0.3, -0.25) is 4.79 Å². The first-order valence-electron chi connectivity index (χ1n) is 6.03. The van der Waals surface area contributed by atoms with Crippen LogP contribution in [-0.2, 0) is 22.2 Å². The summed E-state index contributed by atoms with van der Waals surface area (Å²) in [6.45, 7) is -0.405. The molecule has 5 nitrogen and oxygen atoms in total. The summed E-state index contributed by atoms with van der Waals surface area (Å²) in [6.07, 6.45) is -4.84. The van der Waals surface area contributed by atoms with E-state index in [1.165, 1.54) is 0 Å². The second-order valence-electron chi connectivity index (χ2n) is 4.34. The molecule has 0 heterocycles. The molecule has 0 fully saturated rings. The molecule has 1 aromatic rings. The zero-order valence-electron chi connectivity index (χ0n) is 10.9. The van der Waals surface area contributed by atoms with Crippen LogP contribution < -0.4 is 5.32 Å². The lowest BCUT2D eigenvalue weighted by atomic mass is 10.1. The lowest BCUT2D eigenvalue weighted by Crippen LogP contribution is -2.42. The molecule has 1 aromatic carbocycles. The summed E-state index contributed by atoms with van der Waals surface area (Å²) in [4.78, 5) is 22.4. The van der Waals surface area contributed by atoms with Gasteiger partial charge in [-0.05, 0) is 17.7 Å². The number of hydrogen-bond acceptors (Lipinski definition) is 3. The molecule has 0 saturated heterocycles. The van der Waals surface area contributed by atoms with E-state index in [0.717, 1.165) is 24.3 Å². The molecule has 0 aromatic heterocycles. The van der Waals surface area contributed by atoms with Crippen molar-refractivity contribution in [2.24, 2.45) is 0 Å². The van der Waals surface area contributed by atoms with Gasteiger partial charge in [0.15, 0.2) is 0 Å². The van der Waals surface area contributed by atoms with Crippen molar-refractivity contribution < 1.29 is 33.0 Å². The third kappa shape index (κ3) is 5.42. The lowest BCUT2D eigenvalue weighted by molar-refractivity contribution is -0.142. The quantitative estimate of drug-likeness (QED) is 0.737. The fourth-order valence-electron chi connectivity index (χ4n) is 1.63. The van der Waals surface area contributed by atoms with Crippen molar-refractivity contribution in [3.63, 3.8) is 0 Å². The van der Waals surface area contributed by atoms with Crippen LogP contribution in [-0.4, -0.2) is 34.7 Å². The van der Waals surface area contributed by atoms with E-state index >= 15 is 0 Å². The first-order chi connectivity index (χ1) is 9.74. The fourth-order valence-corrected chi connectivity index (χ4v) is 1.63. The predicted molar refractivity (Wildman–Crippen MR) is 66.4 cm³/mol. The Balaban J connectivity index is 2.64. The zero-order chi connectivity index (χ0) is 16.0. The summed E-state index contributed by atoms with van der Waals surface area (Å²) in [6, 6.07) is 2.79. The number of benzene rings is 1. The van der Waals surface area contributed by atoms with Gasteiger partial charge < -0.3 is 15.5 Å². The van der Waals surface area contributed by atoms with E-state index in [9.17, 15) is 22.8 Å². The van der Waals surface area contributed by atoms with E-state index in [1.54, 1.807) is 0 Å². The number of carboxylic acids is 1. The fraction of sp³-hybridized carbons (Fsp3) is 0.385. The van der Waals surface area contributed by atoms with Crippen LogP contribution in [0.4, 0.5) is 13.2 Å². The van der Waals surface area contributed by atoms with Gasteiger partial charge in [-0.2, -0.15) is 13.2 Å². The van der Waals surface area contributed by atoms with E-state index in [1.807, 2.05) is 0 Å². The molecule has 1 amide bonds. The third-order valence-corrected chi connectivity index (χ3v) is 2.70. The van der Waals surface area contributed by atoms with Crippen molar-refractivity contribution in [1.82, 2.24) is 5.32 Å². The molecule has 1 rings (SSSR count). The summed E-state index contributed by atoms with van der Waals surface area (Å²) < 4.78 is 37.1. The molecular weight excluding hydrogens is 291 g/mol. The van der Waals surface area contributed by atoms with Crippen molar-refractivity contribution in [2.75, 3.05) is 6.61 Å². The Kier molecular flexibility index (Phi) is 5.71. The molecule has 0 bridgehead atoms. The Hall–Kier alpha value is -2.09. The first kappa shape index (κ1) is 17.0. The van der Waals surface area contributed by atoms with Crippen LogP contribution in [0.5, 0.6) is 0 Å². The summed E-state index contributed by atoms with van der Waals surface area (Å²) in [5.74, 6) is -1.93. The van der Waals surface area contributed by atoms with Crippen LogP contribution >= 0.6 is 0 Å². The Morgan fingerprint density at radius 3 is 2.19 bits per heavy atom. The number of alkyl halides is 3. The minimum Gasteiger partial charge on any atom is -0.480 e. The summed E-state index contributed by atoms with van der Waals surface area (Å²) in [7, 11) is 0. The predicted octanol–water partition coefficient (Wildman–Crippen LogP) is 1.20. The number of halogens is 3. The van der Waals surface area contributed by atoms with Gasteiger partial charge in [0.1, 0.15) is 6.04 Å². The smallest absolute Gasteiger partial charge is 0.416 e. The maximum Gasteiger partial charge on any atom is 0.416 e. The van der Waals surface area contributed by atoms with Crippen molar-refractivity contribution >= 4 is 11.9 Å². The standard InChI is InChI=1S/C13H14F3NO4/c14-13(15,16)9-3-1-8(2-4-9)7-11(19)17-10(5-6-18)12(20)21/h1-4,10,18H,5-7H2,(H,17,19)(H,20,21)/t10-/m1/s1. The average molecular weight is 305 g/mol. The second-order valence-corrected chi connectivity index (χ2v) is 4.34. The Bertz CT molecular complexity index is 499. The molecule has 0 aliphatic carbocycles. The van der Waals surface area contributed by atoms with E-state index in [0.29, 0.717) is 5.56 Å². The van der Waals surface area contributed by atoms with Crippen LogP contribution in [0.3, 0.4) is 0 Å². The molecule has 0 spiro atoms. The zero-order valence-corrected chi connectivity index (χ0v) is 10.9. The number of carbonyl (C=O) groups is 2. The van der Waals surface area contributed by atoms with Gasteiger partial charge in [-0.1, -0.05) is 12.1 Å². The minimum atomic E-state index is -4.45. The topological polar surface area (TPSA) is 86.6 Å². The third-order valence-electron chi connectivity index (χ3n) is 2.70. The number of carboxylic acid groups (broad SMARTS) is 1. The molecule has 1 atom stereocenters.